The lowest BCUT2D eigenvalue weighted by atomic mass is 10.2. The van der Waals surface area contributed by atoms with Gasteiger partial charge in [-0.15, -0.1) is 11.8 Å². The maximum atomic E-state index is 11.7. The summed E-state index contributed by atoms with van der Waals surface area (Å²) < 4.78 is 5.26. The zero-order chi connectivity index (χ0) is 13.1. The van der Waals surface area contributed by atoms with Crippen molar-refractivity contribution in [1.82, 2.24) is 4.90 Å². The van der Waals surface area contributed by atoms with Crippen LogP contribution in [-0.4, -0.2) is 51.8 Å². The molecule has 1 unspecified atom stereocenters. The Morgan fingerprint density at radius 2 is 2.12 bits per heavy atom. The van der Waals surface area contributed by atoms with E-state index in [0.717, 1.165) is 6.42 Å². The molecule has 1 saturated heterocycles. The molecule has 0 aromatic carbocycles. The van der Waals surface area contributed by atoms with E-state index in [0.29, 0.717) is 13.1 Å². The van der Waals surface area contributed by atoms with E-state index in [1.54, 1.807) is 4.90 Å². The van der Waals surface area contributed by atoms with Crippen LogP contribution in [0.1, 0.15) is 27.2 Å². The molecule has 0 saturated carbocycles. The highest BCUT2D eigenvalue weighted by atomic mass is 32.2. The first-order chi connectivity index (χ1) is 7.78. The monoisotopic (exact) mass is 261 g/mol. The number of carboxylic acids is 1. The first-order valence-corrected chi connectivity index (χ1v) is 6.64. The molecule has 0 aromatic heterocycles. The molecule has 5 nitrogen and oxygen atoms in total. The van der Waals surface area contributed by atoms with Gasteiger partial charge < -0.3 is 14.7 Å². The third-order valence-corrected chi connectivity index (χ3v) is 3.51. The van der Waals surface area contributed by atoms with E-state index in [9.17, 15) is 9.59 Å². The Hall–Kier alpha value is -0.910. The van der Waals surface area contributed by atoms with Gasteiger partial charge in [0.2, 0.25) is 0 Å². The number of hydrogen-bond acceptors (Lipinski definition) is 4. The molecule has 0 aromatic rings. The van der Waals surface area contributed by atoms with E-state index in [-0.39, 0.29) is 17.1 Å². The lowest BCUT2D eigenvalue weighted by Gasteiger charge is -2.24. The highest BCUT2D eigenvalue weighted by Gasteiger charge is 2.30. The highest BCUT2D eigenvalue weighted by Crippen LogP contribution is 2.23. The van der Waals surface area contributed by atoms with Gasteiger partial charge in [0.1, 0.15) is 5.60 Å². The first kappa shape index (κ1) is 14.2. The Balaban J connectivity index is 2.34. The fourth-order valence-corrected chi connectivity index (χ4v) is 2.48. The Bertz CT molecular complexity index is 300. The quantitative estimate of drug-likeness (QED) is 0.839. The summed E-state index contributed by atoms with van der Waals surface area (Å²) in [6.07, 6.45) is 0.521. The number of carbonyl (C=O) groups excluding carboxylic acids is 1. The molecule has 17 heavy (non-hydrogen) atoms. The van der Waals surface area contributed by atoms with Gasteiger partial charge in [0.25, 0.3) is 0 Å². The molecule has 1 rings (SSSR count). The second-order valence-electron chi connectivity index (χ2n) is 5.04. The van der Waals surface area contributed by atoms with Crippen LogP contribution >= 0.6 is 11.8 Å². The number of ether oxygens (including phenoxy) is 1. The minimum atomic E-state index is -0.814. The summed E-state index contributed by atoms with van der Waals surface area (Å²) in [5, 5.41) is 8.78. The van der Waals surface area contributed by atoms with Gasteiger partial charge in [-0.25, -0.2) is 4.79 Å². The minimum Gasteiger partial charge on any atom is -0.481 e. The van der Waals surface area contributed by atoms with Crippen LogP contribution in [0.3, 0.4) is 0 Å². The van der Waals surface area contributed by atoms with E-state index in [2.05, 4.69) is 0 Å². The zero-order valence-electron chi connectivity index (χ0n) is 10.4. The molecule has 0 bridgehead atoms. The molecular formula is C11H19NO4S. The number of hydrogen-bond donors (Lipinski definition) is 1. The molecule has 1 aliphatic rings. The summed E-state index contributed by atoms with van der Waals surface area (Å²) in [5.41, 5.74) is -0.483. The van der Waals surface area contributed by atoms with Crippen molar-refractivity contribution in [3.63, 3.8) is 0 Å². The Morgan fingerprint density at radius 3 is 2.65 bits per heavy atom. The standard InChI is InChI=1S/C11H19NO4S/c1-11(2,3)16-10(15)12-5-4-8(6-12)17-7-9(13)14/h8H,4-7H2,1-3H3,(H,13,14). The van der Waals surface area contributed by atoms with E-state index >= 15 is 0 Å². The van der Waals surface area contributed by atoms with Crippen LogP contribution < -0.4 is 0 Å². The number of thioether (sulfide) groups is 1. The van der Waals surface area contributed by atoms with Crippen LogP contribution in [0.2, 0.25) is 0 Å². The number of carboxylic acid groups (broad SMARTS) is 1. The van der Waals surface area contributed by atoms with Crippen LogP contribution in [0.5, 0.6) is 0 Å². The topological polar surface area (TPSA) is 66.8 Å². The molecule has 1 atom stereocenters. The largest absolute Gasteiger partial charge is 0.481 e. The highest BCUT2D eigenvalue weighted by molar-refractivity contribution is 8.00. The zero-order valence-corrected chi connectivity index (χ0v) is 11.2. The first-order valence-electron chi connectivity index (χ1n) is 5.59. The number of likely N-dealkylation sites (tertiary alicyclic amines) is 1. The maximum absolute atomic E-state index is 11.7. The van der Waals surface area contributed by atoms with Crippen molar-refractivity contribution < 1.29 is 19.4 Å². The van der Waals surface area contributed by atoms with Crippen molar-refractivity contribution in [2.45, 2.75) is 38.0 Å². The molecule has 0 radical (unpaired) electrons. The second-order valence-corrected chi connectivity index (χ2v) is 6.33. The fourth-order valence-electron chi connectivity index (χ4n) is 1.55. The summed E-state index contributed by atoms with van der Waals surface area (Å²) in [7, 11) is 0. The van der Waals surface area contributed by atoms with Crippen LogP contribution in [0.15, 0.2) is 0 Å². The maximum Gasteiger partial charge on any atom is 0.410 e. The third kappa shape index (κ3) is 5.30. The third-order valence-electron chi connectivity index (χ3n) is 2.24. The molecule has 0 aliphatic carbocycles. The van der Waals surface area contributed by atoms with Crippen molar-refractivity contribution >= 4 is 23.8 Å². The Morgan fingerprint density at radius 1 is 1.47 bits per heavy atom. The Labute approximate surface area is 105 Å². The average Bonchev–Trinajstić information content (AvgIpc) is 2.60. The van der Waals surface area contributed by atoms with Crippen LogP contribution in [-0.2, 0) is 9.53 Å². The smallest absolute Gasteiger partial charge is 0.410 e. The summed E-state index contributed by atoms with van der Waals surface area (Å²) in [6, 6.07) is 0. The molecule has 1 amide bonds. The van der Waals surface area contributed by atoms with Crippen molar-refractivity contribution in [1.29, 1.82) is 0 Å². The van der Waals surface area contributed by atoms with Crippen LogP contribution in [0, 0.1) is 0 Å². The molecular weight excluding hydrogens is 242 g/mol. The van der Waals surface area contributed by atoms with Gasteiger partial charge in [0.15, 0.2) is 0 Å². The normalized spacial score (nSPS) is 20.4. The molecule has 1 heterocycles. The van der Waals surface area contributed by atoms with Gasteiger partial charge in [-0.1, -0.05) is 0 Å². The molecule has 1 aliphatic heterocycles. The summed E-state index contributed by atoms with van der Waals surface area (Å²) in [5.74, 6) is -0.724. The number of carbonyl (C=O) groups is 2. The van der Waals surface area contributed by atoms with Crippen molar-refractivity contribution in [2.24, 2.45) is 0 Å². The van der Waals surface area contributed by atoms with Gasteiger partial charge in [0, 0.05) is 18.3 Å². The van der Waals surface area contributed by atoms with Crippen LogP contribution in [0.25, 0.3) is 0 Å². The number of aliphatic carboxylic acids is 1. The number of nitrogens with zero attached hydrogens (tertiary/aromatic N) is 1. The predicted molar refractivity (Wildman–Crippen MR) is 66.3 cm³/mol. The lowest BCUT2D eigenvalue weighted by Crippen LogP contribution is -2.35. The van der Waals surface area contributed by atoms with Gasteiger partial charge in [-0.05, 0) is 27.2 Å². The number of amides is 1. The van der Waals surface area contributed by atoms with Gasteiger partial charge >= 0.3 is 12.1 Å². The summed E-state index contributed by atoms with van der Waals surface area (Å²) >= 11 is 1.38. The van der Waals surface area contributed by atoms with E-state index < -0.39 is 11.6 Å². The molecule has 98 valence electrons. The summed E-state index contributed by atoms with van der Waals surface area (Å²) in [6.45, 7) is 6.71. The Kier molecular flexibility index (Phi) is 4.68. The minimum absolute atomic E-state index is 0.0901. The van der Waals surface area contributed by atoms with Gasteiger partial charge in [-0.3, -0.25) is 4.79 Å². The van der Waals surface area contributed by atoms with E-state index in [1.165, 1.54) is 11.8 Å². The van der Waals surface area contributed by atoms with Crippen molar-refractivity contribution in [3.05, 3.63) is 0 Å². The van der Waals surface area contributed by atoms with Crippen molar-refractivity contribution in [2.75, 3.05) is 18.8 Å². The van der Waals surface area contributed by atoms with Crippen molar-refractivity contribution in [3.8, 4) is 0 Å². The predicted octanol–water partition coefficient (Wildman–Crippen LogP) is 1.81. The molecule has 6 heteroatoms. The average molecular weight is 261 g/mol. The van der Waals surface area contributed by atoms with Crippen LogP contribution in [0.4, 0.5) is 4.79 Å². The fraction of sp³-hybridized carbons (Fsp3) is 0.818. The number of rotatable bonds is 3. The van der Waals surface area contributed by atoms with E-state index in [4.69, 9.17) is 9.84 Å². The summed E-state index contributed by atoms with van der Waals surface area (Å²) in [4.78, 5) is 23.8. The second kappa shape index (κ2) is 5.62. The van der Waals surface area contributed by atoms with E-state index in [1.807, 2.05) is 20.8 Å². The molecule has 1 fully saturated rings. The van der Waals surface area contributed by atoms with Gasteiger partial charge in [0.05, 0.1) is 5.75 Å². The molecule has 1 N–H and O–H groups in total. The van der Waals surface area contributed by atoms with Gasteiger partial charge in [-0.2, -0.15) is 0 Å². The SMILES string of the molecule is CC(C)(C)OC(=O)N1CCC(SCC(=O)O)C1. The molecule has 0 spiro atoms. The lowest BCUT2D eigenvalue weighted by molar-refractivity contribution is -0.133.